The largest absolute Gasteiger partial charge is 0.473 e. The Hall–Kier alpha value is -2.05. The van der Waals surface area contributed by atoms with Gasteiger partial charge >= 0.3 is 6.18 Å². The first-order chi connectivity index (χ1) is 9.21. The molecule has 0 aromatic carbocycles. The van der Waals surface area contributed by atoms with Gasteiger partial charge in [-0.25, -0.2) is 4.98 Å². The van der Waals surface area contributed by atoms with E-state index in [2.05, 4.69) is 10.3 Å². The molecule has 2 heterocycles. The third-order valence-corrected chi connectivity index (χ3v) is 3.19. The SMILES string of the molecule is CC1(C)C(=O)NC=C1COc1ccc(C(F)(F)F)cn1. The molecule has 20 heavy (non-hydrogen) atoms. The molecule has 0 unspecified atom stereocenters. The van der Waals surface area contributed by atoms with Gasteiger partial charge in [-0.2, -0.15) is 13.2 Å². The highest BCUT2D eigenvalue weighted by Gasteiger charge is 2.36. The number of halogens is 3. The highest BCUT2D eigenvalue weighted by atomic mass is 19.4. The lowest BCUT2D eigenvalue weighted by atomic mass is 9.87. The molecule has 1 N–H and O–H groups in total. The Labute approximate surface area is 113 Å². The molecule has 0 spiro atoms. The van der Waals surface area contributed by atoms with Crippen molar-refractivity contribution in [1.29, 1.82) is 0 Å². The highest BCUT2D eigenvalue weighted by Crippen LogP contribution is 2.31. The van der Waals surface area contributed by atoms with Gasteiger partial charge in [0.05, 0.1) is 11.0 Å². The Bertz CT molecular complexity index is 548. The average Bonchev–Trinajstić information content (AvgIpc) is 2.61. The summed E-state index contributed by atoms with van der Waals surface area (Å²) in [4.78, 5) is 15.1. The molecule has 0 saturated heterocycles. The van der Waals surface area contributed by atoms with Crippen molar-refractivity contribution in [3.63, 3.8) is 0 Å². The maximum atomic E-state index is 12.4. The number of aromatic nitrogens is 1. The Morgan fingerprint density at radius 2 is 2.05 bits per heavy atom. The van der Waals surface area contributed by atoms with Crippen LogP contribution in [0.4, 0.5) is 13.2 Å². The Balaban J connectivity index is 2.01. The van der Waals surface area contributed by atoms with E-state index in [4.69, 9.17) is 4.74 Å². The normalized spacial score (nSPS) is 17.6. The lowest BCUT2D eigenvalue weighted by Gasteiger charge is -2.19. The second kappa shape index (κ2) is 4.81. The summed E-state index contributed by atoms with van der Waals surface area (Å²) in [6.45, 7) is 3.57. The van der Waals surface area contributed by atoms with E-state index in [-0.39, 0.29) is 18.4 Å². The fourth-order valence-corrected chi connectivity index (χ4v) is 1.67. The van der Waals surface area contributed by atoms with Crippen molar-refractivity contribution in [3.05, 3.63) is 35.7 Å². The number of carbonyl (C=O) groups excluding carboxylic acids is 1. The smallest absolute Gasteiger partial charge is 0.417 e. The van der Waals surface area contributed by atoms with E-state index < -0.39 is 17.2 Å². The van der Waals surface area contributed by atoms with E-state index in [0.717, 1.165) is 12.1 Å². The molecule has 0 saturated carbocycles. The van der Waals surface area contributed by atoms with Crippen molar-refractivity contribution in [2.24, 2.45) is 5.41 Å². The first-order valence-corrected chi connectivity index (χ1v) is 5.88. The molecule has 1 amide bonds. The zero-order chi connectivity index (χ0) is 15.0. The summed E-state index contributed by atoms with van der Waals surface area (Å²) in [5.41, 5.74) is -0.808. The predicted octanol–water partition coefficient (Wildman–Crippen LogP) is 2.52. The third-order valence-electron chi connectivity index (χ3n) is 3.19. The Kier molecular flexibility index (Phi) is 3.45. The minimum Gasteiger partial charge on any atom is -0.473 e. The summed E-state index contributed by atoms with van der Waals surface area (Å²) in [5.74, 6) is -0.0643. The van der Waals surface area contributed by atoms with Crippen molar-refractivity contribution < 1.29 is 22.7 Å². The molecular weight excluding hydrogens is 273 g/mol. The summed E-state index contributed by atoms with van der Waals surface area (Å²) >= 11 is 0. The van der Waals surface area contributed by atoms with Crippen LogP contribution in [0.5, 0.6) is 5.88 Å². The van der Waals surface area contributed by atoms with Gasteiger partial charge in [0.25, 0.3) is 0 Å². The molecular formula is C13H13F3N2O2. The molecule has 0 bridgehead atoms. The summed E-state index contributed by atoms with van der Waals surface area (Å²) in [7, 11) is 0. The van der Waals surface area contributed by atoms with Gasteiger partial charge in [-0.05, 0) is 25.5 Å². The van der Waals surface area contributed by atoms with Crippen LogP contribution in [0.3, 0.4) is 0 Å². The molecule has 0 atom stereocenters. The molecule has 4 nitrogen and oxygen atoms in total. The van der Waals surface area contributed by atoms with Crippen LogP contribution in [0.1, 0.15) is 19.4 Å². The molecule has 0 radical (unpaired) electrons. The molecule has 1 aliphatic rings. The Morgan fingerprint density at radius 1 is 1.35 bits per heavy atom. The van der Waals surface area contributed by atoms with E-state index in [0.29, 0.717) is 11.8 Å². The number of nitrogens with one attached hydrogen (secondary N) is 1. The molecule has 108 valence electrons. The minimum absolute atomic E-state index is 0.0778. The lowest BCUT2D eigenvalue weighted by Crippen LogP contribution is -2.29. The van der Waals surface area contributed by atoms with Crippen molar-refractivity contribution in [3.8, 4) is 5.88 Å². The standard InChI is InChI=1S/C13H13F3N2O2/c1-12(2)9(6-18-11(12)19)7-20-10-4-3-8(5-17-10)13(14,15)16/h3-6H,7H2,1-2H3,(H,18,19). The Morgan fingerprint density at radius 3 is 2.50 bits per heavy atom. The predicted molar refractivity (Wildman–Crippen MR) is 64.7 cm³/mol. The van der Waals surface area contributed by atoms with Crippen molar-refractivity contribution in [2.45, 2.75) is 20.0 Å². The van der Waals surface area contributed by atoms with Gasteiger partial charge in [0.1, 0.15) is 6.61 Å². The van der Waals surface area contributed by atoms with Gasteiger partial charge in [-0.1, -0.05) is 0 Å². The number of nitrogens with zero attached hydrogens (tertiary/aromatic N) is 1. The zero-order valence-electron chi connectivity index (χ0n) is 10.9. The van der Waals surface area contributed by atoms with Crippen LogP contribution in [0.2, 0.25) is 0 Å². The zero-order valence-corrected chi connectivity index (χ0v) is 10.9. The van der Waals surface area contributed by atoms with Crippen molar-refractivity contribution >= 4 is 5.91 Å². The molecule has 2 rings (SSSR count). The second-order valence-electron chi connectivity index (χ2n) is 4.94. The topological polar surface area (TPSA) is 51.2 Å². The minimum atomic E-state index is -4.42. The first kappa shape index (κ1) is 14.4. The number of ether oxygens (including phenoxy) is 1. The van der Waals surface area contributed by atoms with Gasteiger partial charge in [-0.15, -0.1) is 0 Å². The molecule has 0 fully saturated rings. The monoisotopic (exact) mass is 286 g/mol. The maximum Gasteiger partial charge on any atom is 0.417 e. The number of hydrogen-bond donors (Lipinski definition) is 1. The summed E-state index contributed by atoms with van der Waals surface area (Å²) in [6, 6.07) is 2.06. The molecule has 1 aromatic rings. The number of hydrogen-bond acceptors (Lipinski definition) is 3. The van der Waals surface area contributed by atoms with E-state index in [1.165, 1.54) is 0 Å². The molecule has 1 aliphatic heterocycles. The molecule has 0 aliphatic carbocycles. The summed E-state index contributed by atoms with van der Waals surface area (Å²) in [6.07, 6.45) is -2.16. The van der Waals surface area contributed by atoms with E-state index in [1.54, 1.807) is 20.0 Å². The van der Waals surface area contributed by atoms with E-state index in [9.17, 15) is 18.0 Å². The van der Waals surface area contributed by atoms with E-state index in [1.807, 2.05) is 0 Å². The number of alkyl halides is 3. The van der Waals surface area contributed by atoms with Crippen LogP contribution in [0.25, 0.3) is 0 Å². The number of carbonyl (C=O) groups is 1. The van der Waals surface area contributed by atoms with Crippen LogP contribution >= 0.6 is 0 Å². The number of rotatable bonds is 3. The van der Waals surface area contributed by atoms with Crippen LogP contribution in [0.15, 0.2) is 30.1 Å². The van der Waals surface area contributed by atoms with Crippen LogP contribution in [0, 0.1) is 5.41 Å². The fourth-order valence-electron chi connectivity index (χ4n) is 1.67. The van der Waals surface area contributed by atoms with Crippen LogP contribution in [-0.2, 0) is 11.0 Å². The van der Waals surface area contributed by atoms with Gasteiger partial charge in [0.2, 0.25) is 11.8 Å². The number of amides is 1. The van der Waals surface area contributed by atoms with Gasteiger partial charge in [0.15, 0.2) is 0 Å². The van der Waals surface area contributed by atoms with E-state index >= 15 is 0 Å². The van der Waals surface area contributed by atoms with Gasteiger partial charge in [-0.3, -0.25) is 4.79 Å². The summed E-state index contributed by atoms with van der Waals surface area (Å²) in [5, 5.41) is 2.58. The lowest BCUT2D eigenvalue weighted by molar-refractivity contribution is -0.137. The van der Waals surface area contributed by atoms with Crippen molar-refractivity contribution in [2.75, 3.05) is 6.61 Å². The first-order valence-electron chi connectivity index (χ1n) is 5.88. The average molecular weight is 286 g/mol. The van der Waals surface area contributed by atoms with Crippen LogP contribution < -0.4 is 10.1 Å². The van der Waals surface area contributed by atoms with Crippen LogP contribution in [-0.4, -0.2) is 17.5 Å². The molecule has 1 aromatic heterocycles. The summed E-state index contributed by atoms with van der Waals surface area (Å²) < 4.78 is 42.4. The maximum absolute atomic E-state index is 12.4. The quantitative estimate of drug-likeness (QED) is 0.929. The van der Waals surface area contributed by atoms with Crippen molar-refractivity contribution in [1.82, 2.24) is 10.3 Å². The fraction of sp³-hybridized carbons (Fsp3) is 0.385. The van der Waals surface area contributed by atoms with Gasteiger partial charge in [0, 0.05) is 18.5 Å². The highest BCUT2D eigenvalue weighted by molar-refractivity contribution is 5.88. The third kappa shape index (κ3) is 2.76. The number of pyridine rings is 1. The second-order valence-corrected chi connectivity index (χ2v) is 4.94. The molecule has 7 heteroatoms. The van der Waals surface area contributed by atoms with Gasteiger partial charge < -0.3 is 10.1 Å².